The van der Waals surface area contributed by atoms with E-state index in [9.17, 15) is 0 Å². The Balaban J connectivity index is 1.61. The van der Waals surface area contributed by atoms with Gasteiger partial charge in [-0.15, -0.1) is 0 Å². The lowest BCUT2D eigenvalue weighted by atomic mass is 9.69. The lowest BCUT2D eigenvalue weighted by Crippen LogP contribution is -2.46. The van der Waals surface area contributed by atoms with Crippen molar-refractivity contribution in [2.45, 2.75) is 44.9 Å². The third kappa shape index (κ3) is 2.29. The van der Waals surface area contributed by atoms with Crippen LogP contribution in [-0.4, -0.2) is 19.6 Å². The molecule has 0 unspecified atom stereocenters. The first-order valence-electron chi connectivity index (χ1n) is 6.25. The summed E-state index contributed by atoms with van der Waals surface area (Å²) in [6.07, 6.45) is 9.89. The normalized spacial score (nSPS) is 26.4. The largest absolute Gasteiger partial charge is 0.330 e. The van der Waals surface area contributed by atoms with Crippen LogP contribution in [0.15, 0.2) is 0 Å². The lowest BCUT2D eigenvalue weighted by Gasteiger charge is -2.41. The van der Waals surface area contributed by atoms with Gasteiger partial charge in [0.2, 0.25) is 0 Å². The minimum Gasteiger partial charge on any atom is -0.330 e. The molecule has 2 aliphatic rings. The zero-order chi connectivity index (χ0) is 9.86. The van der Waals surface area contributed by atoms with Gasteiger partial charge in [-0.2, -0.15) is 0 Å². The Labute approximate surface area is 87.6 Å². The number of hydrogen-bond donors (Lipinski definition) is 2. The summed E-state index contributed by atoms with van der Waals surface area (Å²) in [6, 6.07) is 0. The Morgan fingerprint density at radius 1 is 1.14 bits per heavy atom. The summed E-state index contributed by atoms with van der Waals surface area (Å²) in [7, 11) is 0. The molecule has 82 valence electrons. The zero-order valence-corrected chi connectivity index (χ0v) is 9.23. The molecule has 2 aliphatic carbocycles. The van der Waals surface area contributed by atoms with Gasteiger partial charge in [0, 0.05) is 6.54 Å². The molecule has 0 saturated heterocycles. The van der Waals surface area contributed by atoms with Gasteiger partial charge in [0.1, 0.15) is 0 Å². The van der Waals surface area contributed by atoms with Crippen LogP contribution >= 0.6 is 0 Å². The van der Waals surface area contributed by atoms with E-state index in [-0.39, 0.29) is 0 Å². The molecule has 0 aliphatic heterocycles. The van der Waals surface area contributed by atoms with Gasteiger partial charge in [0.15, 0.2) is 0 Å². The lowest BCUT2D eigenvalue weighted by molar-refractivity contribution is 0.139. The van der Waals surface area contributed by atoms with Gasteiger partial charge in [-0.05, 0) is 50.1 Å². The Hall–Kier alpha value is -0.0800. The first-order valence-corrected chi connectivity index (χ1v) is 6.25. The van der Waals surface area contributed by atoms with Crippen LogP contribution in [0.4, 0.5) is 0 Å². The van der Waals surface area contributed by atoms with E-state index in [4.69, 9.17) is 5.73 Å². The number of rotatable bonds is 5. The van der Waals surface area contributed by atoms with Gasteiger partial charge >= 0.3 is 0 Å². The van der Waals surface area contributed by atoms with Crippen LogP contribution in [0.3, 0.4) is 0 Å². The zero-order valence-electron chi connectivity index (χ0n) is 9.23. The number of nitrogens with one attached hydrogen (secondary N) is 1. The Kier molecular flexibility index (Phi) is 3.45. The second-order valence-electron chi connectivity index (χ2n) is 5.34. The second-order valence-corrected chi connectivity index (χ2v) is 5.34. The third-order valence-corrected chi connectivity index (χ3v) is 4.25. The maximum atomic E-state index is 5.82. The summed E-state index contributed by atoms with van der Waals surface area (Å²) >= 11 is 0. The number of nitrogens with two attached hydrogens (primary N) is 1. The molecule has 0 heterocycles. The topological polar surface area (TPSA) is 38.0 Å². The van der Waals surface area contributed by atoms with E-state index in [1.54, 1.807) is 0 Å². The van der Waals surface area contributed by atoms with Crippen LogP contribution in [0.5, 0.6) is 0 Å². The molecule has 0 aromatic rings. The maximum Gasteiger partial charge on any atom is 0.00200 e. The fourth-order valence-corrected chi connectivity index (χ4v) is 2.89. The highest BCUT2D eigenvalue weighted by atomic mass is 14.9. The van der Waals surface area contributed by atoms with Crippen molar-refractivity contribution >= 4 is 0 Å². The summed E-state index contributed by atoms with van der Waals surface area (Å²) in [5.41, 5.74) is 6.31. The van der Waals surface area contributed by atoms with E-state index < -0.39 is 0 Å². The molecule has 14 heavy (non-hydrogen) atoms. The van der Waals surface area contributed by atoms with E-state index in [1.165, 1.54) is 58.0 Å². The van der Waals surface area contributed by atoms with Crippen LogP contribution in [0.25, 0.3) is 0 Å². The minimum absolute atomic E-state index is 0.485. The SMILES string of the molecule is NCC1(CNCC2CCCC2)CCC1. The first kappa shape index (κ1) is 10.4. The molecule has 0 spiro atoms. The average Bonchev–Trinajstić information content (AvgIpc) is 2.62. The van der Waals surface area contributed by atoms with Gasteiger partial charge in [-0.25, -0.2) is 0 Å². The monoisotopic (exact) mass is 196 g/mol. The summed E-state index contributed by atoms with van der Waals surface area (Å²) < 4.78 is 0. The molecular formula is C12H24N2. The summed E-state index contributed by atoms with van der Waals surface area (Å²) in [5, 5.41) is 3.64. The van der Waals surface area contributed by atoms with Crippen molar-refractivity contribution in [2.75, 3.05) is 19.6 Å². The fourth-order valence-electron chi connectivity index (χ4n) is 2.89. The molecule has 2 fully saturated rings. The maximum absolute atomic E-state index is 5.82. The van der Waals surface area contributed by atoms with Crippen molar-refractivity contribution in [2.24, 2.45) is 17.1 Å². The van der Waals surface area contributed by atoms with Crippen molar-refractivity contribution < 1.29 is 0 Å². The molecule has 0 aromatic carbocycles. The van der Waals surface area contributed by atoms with Crippen molar-refractivity contribution in [3.63, 3.8) is 0 Å². The van der Waals surface area contributed by atoms with Crippen LogP contribution in [0, 0.1) is 11.3 Å². The van der Waals surface area contributed by atoms with E-state index >= 15 is 0 Å². The fraction of sp³-hybridized carbons (Fsp3) is 1.00. The van der Waals surface area contributed by atoms with E-state index in [0.29, 0.717) is 5.41 Å². The predicted molar refractivity (Wildman–Crippen MR) is 60.2 cm³/mol. The van der Waals surface area contributed by atoms with E-state index in [2.05, 4.69) is 5.32 Å². The Morgan fingerprint density at radius 3 is 2.36 bits per heavy atom. The standard InChI is InChI=1S/C12H24N2/c13-9-12(6-3-7-12)10-14-8-11-4-1-2-5-11/h11,14H,1-10,13H2. The highest BCUT2D eigenvalue weighted by Crippen LogP contribution is 2.39. The minimum atomic E-state index is 0.485. The average molecular weight is 196 g/mol. The molecule has 0 atom stereocenters. The van der Waals surface area contributed by atoms with Gasteiger partial charge in [-0.3, -0.25) is 0 Å². The van der Waals surface area contributed by atoms with Crippen LogP contribution in [0.1, 0.15) is 44.9 Å². The van der Waals surface area contributed by atoms with Crippen molar-refractivity contribution in [1.29, 1.82) is 0 Å². The highest BCUT2D eigenvalue weighted by Gasteiger charge is 2.35. The van der Waals surface area contributed by atoms with E-state index in [1.807, 2.05) is 0 Å². The molecule has 2 heteroatoms. The van der Waals surface area contributed by atoms with Gasteiger partial charge in [0.25, 0.3) is 0 Å². The van der Waals surface area contributed by atoms with Crippen LogP contribution in [0.2, 0.25) is 0 Å². The predicted octanol–water partition coefficient (Wildman–Crippen LogP) is 1.90. The molecule has 2 saturated carbocycles. The van der Waals surface area contributed by atoms with Crippen molar-refractivity contribution in [3.05, 3.63) is 0 Å². The van der Waals surface area contributed by atoms with Gasteiger partial charge in [-0.1, -0.05) is 19.3 Å². The molecule has 2 nitrogen and oxygen atoms in total. The van der Waals surface area contributed by atoms with Crippen molar-refractivity contribution in [3.8, 4) is 0 Å². The Morgan fingerprint density at radius 2 is 1.86 bits per heavy atom. The Bertz CT molecular complexity index is 164. The third-order valence-electron chi connectivity index (χ3n) is 4.25. The summed E-state index contributed by atoms with van der Waals surface area (Å²) in [4.78, 5) is 0. The molecular weight excluding hydrogens is 172 g/mol. The molecule has 0 amide bonds. The number of hydrogen-bond acceptors (Lipinski definition) is 2. The summed E-state index contributed by atoms with van der Waals surface area (Å²) in [5.74, 6) is 0.963. The molecule has 0 aromatic heterocycles. The quantitative estimate of drug-likeness (QED) is 0.705. The van der Waals surface area contributed by atoms with Crippen molar-refractivity contribution in [1.82, 2.24) is 5.32 Å². The first-order chi connectivity index (χ1) is 6.85. The molecule has 0 radical (unpaired) electrons. The second kappa shape index (κ2) is 4.63. The van der Waals surface area contributed by atoms with Crippen LogP contribution in [-0.2, 0) is 0 Å². The van der Waals surface area contributed by atoms with Gasteiger partial charge < -0.3 is 11.1 Å². The smallest absolute Gasteiger partial charge is 0.00200 e. The molecule has 2 rings (SSSR count). The van der Waals surface area contributed by atoms with E-state index in [0.717, 1.165) is 12.5 Å². The van der Waals surface area contributed by atoms with Crippen LogP contribution < -0.4 is 11.1 Å². The van der Waals surface area contributed by atoms with Gasteiger partial charge in [0.05, 0.1) is 0 Å². The molecule has 3 N–H and O–H groups in total. The molecule has 0 bridgehead atoms. The summed E-state index contributed by atoms with van der Waals surface area (Å²) in [6.45, 7) is 3.28. The highest BCUT2D eigenvalue weighted by molar-refractivity contribution is 4.90.